The Morgan fingerprint density at radius 3 is 2.75 bits per heavy atom. The minimum Gasteiger partial charge on any atom is -0.139 e. The van der Waals surface area contributed by atoms with Crippen LogP contribution in [0.3, 0.4) is 0 Å². The Balaban J connectivity index is 2.71. The predicted octanol–water partition coefficient (Wildman–Crippen LogP) is 1.97. The Bertz CT molecular complexity index is 163. The summed E-state index contributed by atoms with van der Waals surface area (Å²) in [7, 11) is 0. The molecule has 44 valence electrons. The number of thiol groups is 2. The SMILES string of the molecule is O=N[SH]1C=CC=C1S. The zero-order chi connectivity index (χ0) is 5.98. The van der Waals surface area contributed by atoms with Crippen molar-refractivity contribution in [3.63, 3.8) is 0 Å². The van der Waals surface area contributed by atoms with Gasteiger partial charge in [0.05, 0.1) is 0 Å². The molecule has 0 aromatic carbocycles. The van der Waals surface area contributed by atoms with Crippen molar-refractivity contribution >= 4 is 23.7 Å². The monoisotopic (exact) mass is 147 g/mol. The first-order valence-corrected chi connectivity index (χ1v) is 3.85. The summed E-state index contributed by atoms with van der Waals surface area (Å²) in [6, 6.07) is 0. The Labute approximate surface area is 55.5 Å². The van der Waals surface area contributed by atoms with E-state index in [4.69, 9.17) is 0 Å². The van der Waals surface area contributed by atoms with Gasteiger partial charge < -0.3 is 0 Å². The lowest BCUT2D eigenvalue weighted by molar-refractivity contribution is 1.86. The van der Waals surface area contributed by atoms with Gasteiger partial charge in [0, 0.05) is 4.24 Å². The van der Waals surface area contributed by atoms with Crippen molar-refractivity contribution in [2.75, 3.05) is 0 Å². The highest BCUT2D eigenvalue weighted by atomic mass is 32.2. The topological polar surface area (TPSA) is 29.4 Å². The van der Waals surface area contributed by atoms with Crippen LogP contribution in [0.4, 0.5) is 0 Å². The third-order valence-corrected chi connectivity index (χ3v) is 2.81. The van der Waals surface area contributed by atoms with E-state index in [1.54, 1.807) is 17.6 Å². The van der Waals surface area contributed by atoms with Crippen LogP contribution < -0.4 is 0 Å². The van der Waals surface area contributed by atoms with Gasteiger partial charge in [-0.25, -0.2) is 0 Å². The van der Waals surface area contributed by atoms with E-state index < -0.39 is 11.1 Å². The van der Waals surface area contributed by atoms with Gasteiger partial charge in [0.1, 0.15) is 0 Å². The average Bonchev–Trinajstić information content (AvgIpc) is 2.14. The number of rotatable bonds is 1. The molecule has 0 fully saturated rings. The van der Waals surface area contributed by atoms with Crippen LogP contribution in [0.25, 0.3) is 0 Å². The first-order chi connectivity index (χ1) is 3.84. The van der Waals surface area contributed by atoms with Crippen molar-refractivity contribution in [1.82, 2.24) is 0 Å². The van der Waals surface area contributed by atoms with Crippen molar-refractivity contribution in [3.05, 3.63) is 26.7 Å². The second-order valence-electron chi connectivity index (χ2n) is 1.29. The Morgan fingerprint density at radius 2 is 2.50 bits per heavy atom. The van der Waals surface area contributed by atoms with Gasteiger partial charge in [-0.2, -0.15) is 0 Å². The minimum absolute atomic E-state index is 0.787. The van der Waals surface area contributed by atoms with Gasteiger partial charge in [0.2, 0.25) is 0 Å². The molecule has 0 N–H and O–H groups in total. The molecule has 8 heavy (non-hydrogen) atoms. The van der Waals surface area contributed by atoms with E-state index in [1.807, 2.05) is 0 Å². The van der Waals surface area contributed by atoms with Gasteiger partial charge in [0.15, 0.2) is 0 Å². The molecule has 0 spiro atoms. The van der Waals surface area contributed by atoms with Gasteiger partial charge in [-0.1, -0.05) is 17.2 Å². The summed E-state index contributed by atoms with van der Waals surface area (Å²) in [5, 5.41) is 1.77. The highest BCUT2D eigenvalue weighted by Gasteiger charge is 2.04. The number of hydrogen-bond acceptors (Lipinski definition) is 3. The van der Waals surface area contributed by atoms with Crippen LogP contribution >= 0.6 is 23.7 Å². The third-order valence-electron chi connectivity index (χ3n) is 0.795. The summed E-state index contributed by atoms with van der Waals surface area (Å²) in [4.78, 5) is 9.86. The summed E-state index contributed by atoms with van der Waals surface area (Å²) < 4.78 is 3.64. The van der Waals surface area contributed by atoms with Crippen molar-refractivity contribution < 1.29 is 0 Å². The molecule has 1 heterocycles. The van der Waals surface area contributed by atoms with Gasteiger partial charge in [-0.05, 0) is 16.1 Å². The van der Waals surface area contributed by atoms with Crippen molar-refractivity contribution in [2.45, 2.75) is 0 Å². The van der Waals surface area contributed by atoms with Crippen molar-refractivity contribution in [3.8, 4) is 0 Å². The molecule has 0 radical (unpaired) electrons. The molecule has 0 saturated heterocycles. The summed E-state index contributed by atoms with van der Waals surface area (Å²) in [5.41, 5.74) is 0. The van der Waals surface area contributed by atoms with Crippen LogP contribution in [-0.4, -0.2) is 0 Å². The van der Waals surface area contributed by atoms with E-state index in [9.17, 15) is 4.91 Å². The summed E-state index contributed by atoms with van der Waals surface area (Å²) in [6.07, 6.45) is 3.59. The molecule has 0 aromatic rings. The van der Waals surface area contributed by atoms with E-state index in [0.29, 0.717) is 0 Å². The molecule has 0 bridgehead atoms. The van der Waals surface area contributed by atoms with E-state index in [-0.39, 0.29) is 0 Å². The molecule has 0 aliphatic carbocycles. The summed E-state index contributed by atoms with van der Waals surface area (Å²) in [6.45, 7) is 0. The number of nitroso groups, excluding NO2 is 1. The molecular formula is C4H5NOS2. The van der Waals surface area contributed by atoms with E-state index >= 15 is 0 Å². The summed E-state index contributed by atoms with van der Waals surface area (Å²) >= 11 is 3.11. The van der Waals surface area contributed by atoms with Crippen LogP contribution in [0.5, 0.6) is 0 Å². The maximum atomic E-state index is 9.86. The number of allylic oxidation sites excluding steroid dienone is 2. The van der Waals surface area contributed by atoms with Crippen LogP contribution in [-0.2, 0) is 0 Å². The third kappa shape index (κ3) is 0.952. The van der Waals surface area contributed by atoms with Crippen LogP contribution in [0.1, 0.15) is 0 Å². The van der Waals surface area contributed by atoms with Crippen LogP contribution in [0, 0.1) is 4.91 Å². The molecule has 1 unspecified atom stereocenters. The fourth-order valence-corrected chi connectivity index (χ4v) is 1.61. The Hall–Kier alpha value is -0.220. The van der Waals surface area contributed by atoms with Gasteiger partial charge >= 0.3 is 0 Å². The molecule has 1 atom stereocenters. The van der Waals surface area contributed by atoms with Gasteiger partial charge in [-0.15, -0.1) is 17.5 Å². The maximum Gasteiger partial charge on any atom is 0.0427 e. The lowest BCUT2D eigenvalue weighted by Gasteiger charge is -1.98. The van der Waals surface area contributed by atoms with Crippen LogP contribution in [0.15, 0.2) is 26.4 Å². The normalized spacial score (nSPS) is 30.1. The molecule has 1 rings (SSSR count). The standard InChI is InChI=1S/C4H5NOS2/c6-5-8-3-1-2-4(8)7/h1-3,7-8H. The highest BCUT2D eigenvalue weighted by Crippen LogP contribution is 2.43. The van der Waals surface area contributed by atoms with Crippen LogP contribution in [0.2, 0.25) is 0 Å². The first-order valence-electron chi connectivity index (χ1n) is 2.04. The van der Waals surface area contributed by atoms with E-state index in [1.165, 1.54) is 0 Å². The molecule has 1 aliphatic rings. The quantitative estimate of drug-likeness (QED) is 0.431. The molecule has 4 heteroatoms. The zero-order valence-electron chi connectivity index (χ0n) is 3.98. The number of hydrogen-bond donors (Lipinski definition) is 2. The molecule has 0 amide bonds. The molecule has 2 nitrogen and oxygen atoms in total. The molecule has 1 aliphatic heterocycles. The molecule has 0 aromatic heterocycles. The van der Waals surface area contributed by atoms with E-state index in [0.717, 1.165) is 4.24 Å². The largest absolute Gasteiger partial charge is 0.139 e. The lowest BCUT2D eigenvalue weighted by Crippen LogP contribution is -1.59. The fraction of sp³-hybridized carbons (Fsp3) is 0. The van der Waals surface area contributed by atoms with Gasteiger partial charge in [-0.3, -0.25) is 0 Å². The Morgan fingerprint density at radius 1 is 1.75 bits per heavy atom. The van der Waals surface area contributed by atoms with Gasteiger partial charge in [0.25, 0.3) is 0 Å². The average molecular weight is 147 g/mol. The first kappa shape index (κ1) is 5.91. The molecule has 0 saturated carbocycles. The fourth-order valence-electron chi connectivity index (χ4n) is 0.432. The van der Waals surface area contributed by atoms with Crippen molar-refractivity contribution in [1.29, 1.82) is 0 Å². The lowest BCUT2D eigenvalue weighted by atomic mass is 10.6. The molecular weight excluding hydrogens is 142 g/mol. The second kappa shape index (κ2) is 2.37. The Kier molecular flexibility index (Phi) is 1.75. The second-order valence-corrected chi connectivity index (χ2v) is 3.76. The summed E-state index contributed by atoms with van der Waals surface area (Å²) in [5.74, 6) is 0. The van der Waals surface area contributed by atoms with Crippen molar-refractivity contribution in [2.24, 2.45) is 4.58 Å². The maximum absolute atomic E-state index is 9.86. The van der Waals surface area contributed by atoms with E-state index in [2.05, 4.69) is 17.2 Å². The smallest absolute Gasteiger partial charge is 0.0427 e. The zero-order valence-corrected chi connectivity index (χ0v) is 5.77. The predicted molar refractivity (Wildman–Crippen MR) is 41.0 cm³/mol. The highest BCUT2D eigenvalue weighted by molar-refractivity contribution is 8.29. The number of nitrogens with zero attached hydrogens (tertiary/aromatic N) is 1. The minimum atomic E-state index is -0.890.